The van der Waals surface area contributed by atoms with Gasteiger partial charge in [-0.15, -0.1) is 0 Å². The predicted octanol–water partition coefficient (Wildman–Crippen LogP) is 3.52. The zero-order valence-corrected chi connectivity index (χ0v) is 17.6. The number of likely N-dealkylation sites (N-methyl/N-ethyl adjacent to an activating group) is 1. The summed E-state index contributed by atoms with van der Waals surface area (Å²) < 4.78 is 8.15. The van der Waals surface area contributed by atoms with Crippen LogP contribution in [0.15, 0.2) is 36.9 Å². The molecular formula is C22H35N5O. The maximum absolute atomic E-state index is 6.12. The van der Waals surface area contributed by atoms with Crippen LogP contribution in [0.3, 0.4) is 0 Å². The Kier molecular flexibility index (Phi) is 7.86. The molecule has 3 atom stereocenters. The Hall–Kier alpha value is -1.92. The quantitative estimate of drug-likeness (QED) is 0.678. The first kappa shape index (κ1) is 20.8. The normalized spacial score (nSPS) is 22.5. The van der Waals surface area contributed by atoms with Crippen LogP contribution in [0.25, 0.3) is 0 Å². The monoisotopic (exact) mass is 385 g/mol. The molecule has 0 saturated heterocycles. The summed E-state index contributed by atoms with van der Waals surface area (Å²) >= 11 is 0. The molecule has 1 N–H and O–H groups in total. The summed E-state index contributed by atoms with van der Waals surface area (Å²) in [5.74, 6) is 1.71. The van der Waals surface area contributed by atoms with Crippen molar-refractivity contribution in [3.05, 3.63) is 42.5 Å². The van der Waals surface area contributed by atoms with Crippen molar-refractivity contribution in [3.8, 4) is 5.75 Å². The number of para-hydroxylation sites is 1. The smallest absolute Gasteiger partial charge is 0.137 e. The molecule has 0 amide bonds. The van der Waals surface area contributed by atoms with E-state index in [1.165, 1.54) is 12.0 Å². The van der Waals surface area contributed by atoms with Crippen molar-refractivity contribution in [2.45, 2.75) is 58.7 Å². The molecule has 1 aromatic heterocycles. The van der Waals surface area contributed by atoms with E-state index in [0.29, 0.717) is 12.1 Å². The van der Waals surface area contributed by atoms with Crippen molar-refractivity contribution >= 4 is 0 Å². The molecule has 154 valence electrons. The number of ether oxygens (including phenoxy) is 1. The van der Waals surface area contributed by atoms with Gasteiger partial charge in [0.1, 0.15) is 25.0 Å². The highest BCUT2D eigenvalue weighted by Gasteiger charge is 2.30. The maximum atomic E-state index is 6.12. The van der Waals surface area contributed by atoms with Gasteiger partial charge in [-0.25, -0.2) is 9.67 Å². The van der Waals surface area contributed by atoms with E-state index in [9.17, 15) is 0 Å². The fraction of sp³-hybridized carbons (Fsp3) is 0.636. The topological polar surface area (TPSA) is 55.2 Å². The maximum Gasteiger partial charge on any atom is 0.137 e. The number of hydrogen-bond donors (Lipinski definition) is 1. The molecule has 0 bridgehead atoms. The molecule has 1 fully saturated rings. The van der Waals surface area contributed by atoms with Gasteiger partial charge < -0.3 is 15.0 Å². The molecular weight excluding hydrogens is 350 g/mol. The second kappa shape index (κ2) is 10.6. The van der Waals surface area contributed by atoms with Crippen molar-refractivity contribution in [2.24, 2.45) is 5.92 Å². The number of hydrogen-bond acceptors (Lipinski definition) is 5. The predicted molar refractivity (Wildman–Crippen MR) is 112 cm³/mol. The van der Waals surface area contributed by atoms with Gasteiger partial charge >= 0.3 is 0 Å². The molecule has 0 unspecified atom stereocenters. The summed E-state index contributed by atoms with van der Waals surface area (Å²) in [5.41, 5.74) is 1.22. The molecule has 1 aliphatic carbocycles. The molecule has 6 nitrogen and oxygen atoms in total. The number of benzene rings is 1. The van der Waals surface area contributed by atoms with Crippen LogP contribution < -0.4 is 10.1 Å². The fourth-order valence-electron chi connectivity index (χ4n) is 4.13. The third-order valence-corrected chi connectivity index (χ3v) is 5.94. The Morgan fingerprint density at radius 3 is 2.79 bits per heavy atom. The minimum atomic E-state index is 0.363. The third-order valence-electron chi connectivity index (χ3n) is 5.94. The Bertz CT molecular complexity index is 686. The molecule has 0 radical (unpaired) electrons. The van der Waals surface area contributed by atoms with Gasteiger partial charge in [0.2, 0.25) is 0 Å². The van der Waals surface area contributed by atoms with Crippen molar-refractivity contribution in [1.29, 1.82) is 0 Å². The Labute approximate surface area is 169 Å². The average Bonchev–Trinajstić information content (AvgIpc) is 3.26. The molecule has 1 aliphatic rings. The zero-order chi connectivity index (χ0) is 19.8. The summed E-state index contributed by atoms with van der Waals surface area (Å²) in [6, 6.07) is 9.15. The van der Waals surface area contributed by atoms with Crippen LogP contribution in [0.5, 0.6) is 5.75 Å². The summed E-state index contributed by atoms with van der Waals surface area (Å²) in [5, 5.41) is 8.19. The Balaban J connectivity index is 1.59. The first-order valence-electron chi connectivity index (χ1n) is 10.7. The van der Waals surface area contributed by atoms with Crippen LogP contribution in [0.1, 0.15) is 51.6 Å². The van der Waals surface area contributed by atoms with E-state index >= 15 is 0 Å². The second-order valence-electron chi connectivity index (χ2n) is 7.83. The SMILES string of the molecule is CCN(CC)CCOc1ccccc1CN[C@@H]1CC[C@@H](C)C[C@H]1n1cncn1. The minimum Gasteiger partial charge on any atom is -0.492 e. The van der Waals surface area contributed by atoms with E-state index in [1.54, 1.807) is 6.33 Å². The van der Waals surface area contributed by atoms with Gasteiger partial charge in [0.15, 0.2) is 0 Å². The van der Waals surface area contributed by atoms with Gasteiger partial charge in [-0.1, -0.05) is 39.0 Å². The zero-order valence-electron chi connectivity index (χ0n) is 17.6. The van der Waals surface area contributed by atoms with Crippen molar-refractivity contribution in [2.75, 3.05) is 26.2 Å². The number of nitrogens with one attached hydrogen (secondary N) is 1. The van der Waals surface area contributed by atoms with Crippen LogP contribution in [-0.2, 0) is 6.54 Å². The molecule has 1 saturated carbocycles. The van der Waals surface area contributed by atoms with Crippen LogP contribution in [0.2, 0.25) is 0 Å². The summed E-state index contributed by atoms with van der Waals surface area (Å²) in [6.07, 6.45) is 7.04. The van der Waals surface area contributed by atoms with Gasteiger partial charge in [-0.3, -0.25) is 0 Å². The minimum absolute atomic E-state index is 0.363. The van der Waals surface area contributed by atoms with Crippen LogP contribution in [0.4, 0.5) is 0 Å². The van der Waals surface area contributed by atoms with Crippen LogP contribution in [0, 0.1) is 5.92 Å². The lowest BCUT2D eigenvalue weighted by molar-refractivity contribution is 0.199. The van der Waals surface area contributed by atoms with E-state index in [1.807, 2.05) is 11.0 Å². The standard InChI is InChI=1S/C22H35N5O/c1-4-26(5-2)12-13-28-22-9-7-6-8-19(22)15-24-20-11-10-18(3)14-21(20)27-17-23-16-25-27/h6-9,16-18,20-21,24H,4-5,10-15H2,1-3H3/t18-,20-,21-/m1/s1. The molecule has 0 aliphatic heterocycles. The highest BCUT2D eigenvalue weighted by atomic mass is 16.5. The summed E-state index contributed by atoms with van der Waals surface area (Å²) in [6.45, 7) is 11.3. The highest BCUT2D eigenvalue weighted by molar-refractivity contribution is 5.33. The molecule has 0 spiro atoms. The lowest BCUT2D eigenvalue weighted by Gasteiger charge is -2.35. The number of rotatable bonds is 10. The molecule has 1 aromatic carbocycles. The van der Waals surface area contributed by atoms with Gasteiger partial charge in [0, 0.05) is 24.7 Å². The summed E-state index contributed by atoms with van der Waals surface area (Å²) in [4.78, 5) is 6.53. The third kappa shape index (κ3) is 5.55. The highest BCUT2D eigenvalue weighted by Crippen LogP contribution is 2.32. The number of nitrogens with zero attached hydrogens (tertiary/aromatic N) is 4. The molecule has 2 aromatic rings. The van der Waals surface area contributed by atoms with Gasteiger partial charge in [-0.05, 0) is 44.3 Å². The largest absolute Gasteiger partial charge is 0.492 e. The lowest BCUT2D eigenvalue weighted by atomic mass is 9.83. The van der Waals surface area contributed by atoms with E-state index in [0.717, 1.165) is 57.3 Å². The van der Waals surface area contributed by atoms with Crippen molar-refractivity contribution in [1.82, 2.24) is 25.0 Å². The molecule has 6 heteroatoms. The van der Waals surface area contributed by atoms with E-state index < -0.39 is 0 Å². The lowest BCUT2D eigenvalue weighted by Crippen LogP contribution is -2.41. The molecule has 1 heterocycles. The van der Waals surface area contributed by atoms with E-state index in [4.69, 9.17) is 4.74 Å². The van der Waals surface area contributed by atoms with E-state index in [2.05, 4.69) is 65.3 Å². The van der Waals surface area contributed by atoms with Crippen LogP contribution in [-0.4, -0.2) is 51.9 Å². The van der Waals surface area contributed by atoms with Gasteiger partial charge in [0.25, 0.3) is 0 Å². The van der Waals surface area contributed by atoms with Gasteiger partial charge in [0.05, 0.1) is 6.04 Å². The summed E-state index contributed by atoms with van der Waals surface area (Å²) in [7, 11) is 0. The number of aromatic nitrogens is 3. The fourth-order valence-corrected chi connectivity index (χ4v) is 4.13. The average molecular weight is 386 g/mol. The first-order chi connectivity index (χ1) is 13.7. The Morgan fingerprint density at radius 1 is 1.21 bits per heavy atom. The molecule has 28 heavy (non-hydrogen) atoms. The van der Waals surface area contributed by atoms with Crippen molar-refractivity contribution < 1.29 is 4.74 Å². The Morgan fingerprint density at radius 2 is 2.04 bits per heavy atom. The second-order valence-corrected chi connectivity index (χ2v) is 7.83. The van der Waals surface area contributed by atoms with Crippen molar-refractivity contribution in [3.63, 3.8) is 0 Å². The van der Waals surface area contributed by atoms with Gasteiger partial charge in [-0.2, -0.15) is 5.10 Å². The first-order valence-corrected chi connectivity index (χ1v) is 10.7. The van der Waals surface area contributed by atoms with E-state index in [-0.39, 0.29) is 0 Å². The van der Waals surface area contributed by atoms with Crippen LogP contribution >= 0.6 is 0 Å². The molecule has 3 rings (SSSR count).